The molecule has 0 fully saturated rings. The predicted octanol–water partition coefficient (Wildman–Crippen LogP) is 3.71. The second kappa shape index (κ2) is 11.5. The Balaban J connectivity index is 0.00000385. The number of ether oxygens (including phenoxy) is 4. The van der Waals surface area contributed by atoms with Gasteiger partial charge in [0.1, 0.15) is 0 Å². The number of methoxy groups -OCH3 is 4. The summed E-state index contributed by atoms with van der Waals surface area (Å²) in [4.78, 5) is 15.1. The van der Waals surface area contributed by atoms with E-state index in [0.29, 0.717) is 30.2 Å². The number of rotatable bonds is 10. The lowest BCUT2D eigenvalue weighted by molar-refractivity contribution is 0.0689. The van der Waals surface area contributed by atoms with Crippen LogP contribution in [0.2, 0.25) is 0 Å². The second-order valence-electron chi connectivity index (χ2n) is 8.55. The highest BCUT2D eigenvalue weighted by molar-refractivity contribution is 5.98. The molecule has 1 N–H and O–H groups in total. The fourth-order valence-corrected chi connectivity index (χ4v) is 4.21. The molecule has 0 aromatic heterocycles. The van der Waals surface area contributed by atoms with Gasteiger partial charge in [-0.15, -0.1) is 12.4 Å². The molecule has 0 unspecified atom stereocenters. The van der Waals surface area contributed by atoms with E-state index in [2.05, 4.69) is 19.2 Å². The molecule has 7 nitrogen and oxygen atoms in total. The molecule has 0 atom stereocenters. The summed E-state index contributed by atoms with van der Waals surface area (Å²) < 4.78 is 21.5. The highest BCUT2D eigenvalue weighted by Gasteiger charge is 2.37. The van der Waals surface area contributed by atoms with Gasteiger partial charge in [-0.3, -0.25) is 4.79 Å². The number of hydrogen-bond acceptors (Lipinski definition) is 6. The van der Waals surface area contributed by atoms with Crippen LogP contribution in [0.15, 0.2) is 30.3 Å². The van der Waals surface area contributed by atoms with Crippen LogP contribution in [0.3, 0.4) is 0 Å². The van der Waals surface area contributed by atoms with E-state index in [1.54, 1.807) is 34.5 Å². The summed E-state index contributed by atoms with van der Waals surface area (Å²) in [5.41, 5.74) is 2.67. The lowest BCUT2D eigenvalue weighted by atomic mass is 9.77. The van der Waals surface area contributed by atoms with Crippen LogP contribution < -0.4 is 24.3 Å². The van der Waals surface area contributed by atoms with Crippen LogP contribution in [0.1, 0.15) is 35.3 Å². The summed E-state index contributed by atoms with van der Waals surface area (Å²) in [5, 5.41) is 3.45. The number of amides is 1. The molecular weight excluding hydrogens is 444 g/mol. The third-order valence-electron chi connectivity index (χ3n) is 5.95. The first-order valence-electron chi connectivity index (χ1n) is 10.8. The molecule has 0 saturated heterocycles. The first kappa shape index (κ1) is 26.6. The van der Waals surface area contributed by atoms with E-state index >= 15 is 0 Å². The minimum absolute atomic E-state index is 0. The number of nitrogens with zero attached hydrogens (tertiary/aromatic N) is 1. The molecular formula is C25H35ClN2O5. The van der Waals surface area contributed by atoms with Gasteiger partial charge in [-0.25, -0.2) is 0 Å². The van der Waals surface area contributed by atoms with Gasteiger partial charge in [-0.1, -0.05) is 19.9 Å². The maximum absolute atomic E-state index is 13.2. The zero-order valence-corrected chi connectivity index (χ0v) is 21.1. The summed E-state index contributed by atoms with van der Waals surface area (Å²) in [6.45, 7) is 7.14. The van der Waals surface area contributed by atoms with E-state index in [1.807, 2.05) is 29.2 Å². The minimum atomic E-state index is -0.178. The van der Waals surface area contributed by atoms with Crippen molar-refractivity contribution >= 4 is 18.3 Å². The van der Waals surface area contributed by atoms with Crippen LogP contribution in [-0.4, -0.2) is 65.4 Å². The van der Waals surface area contributed by atoms with E-state index in [1.165, 1.54) is 5.56 Å². The molecule has 3 rings (SSSR count). The molecule has 0 saturated carbocycles. The maximum Gasteiger partial charge on any atom is 0.254 e. The van der Waals surface area contributed by atoms with Crippen LogP contribution in [0.4, 0.5) is 0 Å². The number of halogens is 1. The summed E-state index contributed by atoms with van der Waals surface area (Å²) in [6.07, 6.45) is 0.861. The standard InChI is InChI=1S/C25H34N2O5.ClH/c1-25(2)16-27(24(28)18-14-22(31-5)23(32-6)15-19(18)25)12-11-26-10-9-17-7-8-20(29-3)21(13-17)30-4;/h7-8,13-15,26H,9-12,16H2,1-6H3;1H. The van der Waals surface area contributed by atoms with Crippen molar-refractivity contribution in [2.75, 3.05) is 54.6 Å². The van der Waals surface area contributed by atoms with Crippen molar-refractivity contribution in [3.8, 4) is 23.0 Å². The Morgan fingerprint density at radius 3 is 2.12 bits per heavy atom. The van der Waals surface area contributed by atoms with Gasteiger partial charge in [0.25, 0.3) is 5.91 Å². The quantitative estimate of drug-likeness (QED) is 0.525. The molecule has 0 radical (unpaired) electrons. The van der Waals surface area contributed by atoms with Crippen molar-refractivity contribution in [2.24, 2.45) is 0 Å². The van der Waals surface area contributed by atoms with Gasteiger partial charge in [0.15, 0.2) is 23.0 Å². The first-order chi connectivity index (χ1) is 15.3. The molecule has 33 heavy (non-hydrogen) atoms. The lowest BCUT2D eigenvalue weighted by Gasteiger charge is -2.40. The number of carbonyl (C=O) groups is 1. The highest BCUT2D eigenvalue weighted by atomic mass is 35.5. The second-order valence-corrected chi connectivity index (χ2v) is 8.55. The number of nitrogens with one attached hydrogen (secondary N) is 1. The van der Waals surface area contributed by atoms with Crippen LogP contribution in [0.5, 0.6) is 23.0 Å². The Morgan fingerprint density at radius 2 is 1.48 bits per heavy atom. The summed E-state index contributed by atoms with van der Waals surface area (Å²) in [6, 6.07) is 9.69. The van der Waals surface area contributed by atoms with E-state index in [9.17, 15) is 4.79 Å². The monoisotopic (exact) mass is 478 g/mol. The topological polar surface area (TPSA) is 69.3 Å². The number of hydrogen-bond donors (Lipinski definition) is 1. The fourth-order valence-electron chi connectivity index (χ4n) is 4.21. The van der Waals surface area contributed by atoms with Gasteiger partial charge in [0, 0.05) is 30.6 Å². The third-order valence-corrected chi connectivity index (χ3v) is 5.95. The molecule has 0 aliphatic carbocycles. The molecule has 1 aliphatic rings. The Labute approximate surface area is 202 Å². The van der Waals surface area contributed by atoms with Crippen molar-refractivity contribution in [2.45, 2.75) is 25.7 Å². The van der Waals surface area contributed by atoms with E-state index in [0.717, 1.165) is 36.6 Å². The molecule has 2 aromatic carbocycles. The fraction of sp³-hybridized carbons (Fsp3) is 0.480. The van der Waals surface area contributed by atoms with E-state index in [4.69, 9.17) is 18.9 Å². The van der Waals surface area contributed by atoms with Crippen molar-refractivity contribution in [1.29, 1.82) is 0 Å². The van der Waals surface area contributed by atoms with Crippen molar-refractivity contribution in [3.63, 3.8) is 0 Å². The zero-order valence-electron chi connectivity index (χ0n) is 20.3. The average molecular weight is 479 g/mol. The van der Waals surface area contributed by atoms with Crippen LogP contribution in [0.25, 0.3) is 0 Å². The van der Waals surface area contributed by atoms with Crippen LogP contribution >= 0.6 is 12.4 Å². The molecule has 1 amide bonds. The van der Waals surface area contributed by atoms with Gasteiger partial charge < -0.3 is 29.2 Å². The van der Waals surface area contributed by atoms with Gasteiger partial charge in [0.05, 0.1) is 28.4 Å². The molecule has 0 bridgehead atoms. The minimum Gasteiger partial charge on any atom is -0.493 e. The SMILES string of the molecule is COc1ccc(CCNCCN2CC(C)(C)c3cc(OC)c(OC)cc3C2=O)cc1OC.Cl. The van der Waals surface area contributed by atoms with Gasteiger partial charge in [-0.2, -0.15) is 0 Å². The summed E-state index contributed by atoms with van der Waals surface area (Å²) in [7, 11) is 6.47. The van der Waals surface area contributed by atoms with Gasteiger partial charge in [-0.05, 0) is 48.4 Å². The number of carbonyl (C=O) groups excluding carboxylic acids is 1. The van der Waals surface area contributed by atoms with Gasteiger partial charge in [0.2, 0.25) is 0 Å². The highest BCUT2D eigenvalue weighted by Crippen LogP contribution is 2.40. The average Bonchev–Trinajstić information content (AvgIpc) is 2.80. The Bertz CT molecular complexity index is 964. The van der Waals surface area contributed by atoms with E-state index in [-0.39, 0.29) is 23.7 Å². The molecule has 182 valence electrons. The molecule has 2 aromatic rings. The lowest BCUT2D eigenvalue weighted by Crippen LogP contribution is -2.48. The first-order valence-corrected chi connectivity index (χ1v) is 10.8. The Kier molecular flexibility index (Phi) is 9.25. The number of benzene rings is 2. The van der Waals surface area contributed by atoms with Crippen molar-refractivity contribution in [3.05, 3.63) is 47.0 Å². The normalized spacial score (nSPS) is 14.2. The number of fused-ring (bicyclic) bond motifs is 1. The Morgan fingerprint density at radius 1 is 0.879 bits per heavy atom. The Hall–Kier alpha value is -2.64. The smallest absolute Gasteiger partial charge is 0.254 e. The third kappa shape index (κ3) is 5.84. The van der Waals surface area contributed by atoms with E-state index < -0.39 is 0 Å². The zero-order chi connectivity index (χ0) is 23.3. The van der Waals surface area contributed by atoms with Crippen LogP contribution in [0, 0.1) is 0 Å². The maximum atomic E-state index is 13.2. The predicted molar refractivity (Wildman–Crippen MR) is 132 cm³/mol. The molecule has 1 aliphatic heterocycles. The van der Waals surface area contributed by atoms with Crippen molar-refractivity contribution in [1.82, 2.24) is 10.2 Å². The van der Waals surface area contributed by atoms with Crippen LogP contribution in [-0.2, 0) is 11.8 Å². The largest absolute Gasteiger partial charge is 0.493 e. The summed E-state index contributed by atoms with van der Waals surface area (Å²) in [5.74, 6) is 2.71. The van der Waals surface area contributed by atoms with Gasteiger partial charge >= 0.3 is 0 Å². The molecule has 1 heterocycles. The molecule has 0 spiro atoms. The summed E-state index contributed by atoms with van der Waals surface area (Å²) >= 11 is 0. The molecule has 8 heteroatoms. The van der Waals surface area contributed by atoms with Crippen molar-refractivity contribution < 1.29 is 23.7 Å².